The molecule has 25 heavy (non-hydrogen) atoms. The highest BCUT2D eigenvalue weighted by atomic mass is 32.2. The molecular formula is C18H28N4O2S. The molecule has 0 aliphatic carbocycles. The predicted octanol–water partition coefficient (Wildman–Crippen LogP) is 2.98. The summed E-state index contributed by atoms with van der Waals surface area (Å²) >= 11 is 1.82. The van der Waals surface area contributed by atoms with Crippen LogP contribution in [-0.4, -0.2) is 52.4 Å². The molecule has 1 unspecified atom stereocenters. The zero-order valence-corrected chi connectivity index (χ0v) is 16.2. The van der Waals surface area contributed by atoms with Crippen molar-refractivity contribution < 1.29 is 9.84 Å². The molecule has 1 heterocycles. The normalized spacial score (nSPS) is 13.6. The quantitative estimate of drug-likeness (QED) is 0.516. The smallest absolute Gasteiger partial charge is 0.227 e. The Hall–Kier alpha value is -1.57. The first-order valence-corrected chi connectivity index (χ1v) is 9.54. The lowest BCUT2D eigenvalue weighted by Crippen LogP contribution is -2.33. The third kappa shape index (κ3) is 5.45. The van der Waals surface area contributed by atoms with Crippen molar-refractivity contribution in [1.82, 2.24) is 14.8 Å². The minimum atomic E-state index is -0.647. The van der Waals surface area contributed by atoms with Gasteiger partial charge in [0.05, 0.1) is 0 Å². The van der Waals surface area contributed by atoms with Gasteiger partial charge in [-0.3, -0.25) is 4.57 Å². The van der Waals surface area contributed by atoms with Crippen LogP contribution in [0.3, 0.4) is 0 Å². The van der Waals surface area contributed by atoms with Crippen molar-refractivity contribution in [2.24, 2.45) is 0 Å². The van der Waals surface area contributed by atoms with Crippen LogP contribution in [0.5, 0.6) is 0 Å². The number of aromatic nitrogens is 3. The Bertz CT molecular complexity index is 633. The summed E-state index contributed by atoms with van der Waals surface area (Å²) in [5.74, 6) is 2.32. The van der Waals surface area contributed by atoms with Crippen molar-refractivity contribution in [3.05, 3.63) is 36.2 Å². The van der Waals surface area contributed by atoms with Gasteiger partial charge in [0.1, 0.15) is 6.10 Å². The minimum absolute atomic E-state index is 0.275. The van der Waals surface area contributed by atoms with Crippen LogP contribution in [0.2, 0.25) is 0 Å². The number of anilines is 1. The number of thioether (sulfide) groups is 1. The second kappa shape index (κ2) is 9.79. The molecule has 1 aromatic carbocycles. The Kier molecular flexibility index (Phi) is 7.74. The fraction of sp³-hybridized carbons (Fsp3) is 0.556. The first-order chi connectivity index (χ1) is 12.0. The number of aliphatic hydroxyl groups excluding tert-OH is 1. The molecule has 1 N–H and O–H groups in total. The van der Waals surface area contributed by atoms with Crippen LogP contribution in [0, 0.1) is 0 Å². The molecule has 0 aliphatic rings. The van der Waals surface area contributed by atoms with Gasteiger partial charge in [0.2, 0.25) is 5.95 Å². The third-order valence-corrected chi connectivity index (χ3v) is 5.33. The van der Waals surface area contributed by atoms with E-state index in [1.165, 1.54) is 4.90 Å². The predicted molar refractivity (Wildman–Crippen MR) is 102 cm³/mol. The van der Waals surface area contributed by atoms with E-state index in [1.54, 1.807) is 14.0 Å². The molecule has 0 amide bonds. The highest BCUT2D eigenvalue weighted by Crippen LogP contribution is 2.23. The Morgan fingerprint density at radius 3 is 2.60 bits per heavy atom. The van der Waals surface area contributed by atoms with Crippen molar-refractivity contribution in [3.63, 3.8) is 0 Å². The number of benzene rings is 1. The van der Waals surface area contributed by atoms with Gasteiger partial charge < -0.3 is 14.7 Å². The van der Waals surface area contributed by atoms with Crippen molar-refractivity contribution in [2.45, 2.75) is 43.9 Å². The van der Waals surface area contributed by atoms with Gasteiger partial charge in [-0.15, -0.1) is 22.0 Å². The van der Waals surface area contributed by atoms with Crippen molar-refractivity contribution in [2.75, 3.05) is 31.4 Å². The molecule has 138 valence electrons. The number of ether oxygens (including phenoxy) is 1. The van der Waals surface area contributed by atoms with Crippen LogP contribution in [-0.2, 0) is 11.3 Å². The summed E-state index contributed by atoms with van der Waals surface area (Å²) in [5, 5.41) is 18.5. The van der Waals surface area contributed by atoms with Crippen molar-refractivity contribution in [1.29, 1.82) is 0 Å². The summed E-state index contributed by atoms with van der Waals surface area (Å²) in [6, 6.07) is 10.7. The summed E-state index contributed by atoms with van der Waals surface area (Å²) in [4.78, 5) is 3.38. The Morgan fingerprint density at radius 2 is 1.96 bits per heavy atom. The third-order valence-electron chi connectivity index (χ3n) is 4.07. The van der Waals surface area contributed by atoms with Gasteiger partial charge in [0.15, 0.2) is 5.82 Å². The Labute approximate surface area is 154 Å². The topological polar surface area (TPSA) is 63.4 Å². The molecule has 0 radical (unpaired) electrons. The molecule has 0 saturated carbocycles. The summed E-state index contributed by atoms with van der Waals surface area (Å²) in [6.07, 6.45) is 0.202. The lowest BCUT2D eigenvalue weighted by Gasteiger charge is -2.26. The zero-order chi connectivity index (χ0) is 18.2. The molecule has 0 fully saturated rings. The molecule has 7 heteroatoms. The maximum atomic E-state index is 9.97. The van der Waals surface area contributed by atoms with E-state index in [1.807, 2.05) is 29.4 Å². The zero-order valence-electron chi connectivity index (χ0n) is 15.4. The number of rotatable bonds is 10. The number of aliphatic hydroxyl groups is 1. The average molecular weight is 365 g/mol. The van der Waals surface area contributed by atoms with E-state index >= 15 is 0 Å². The maximum Gasteiger partial charge on any atom is 0.227 e. The fourth-order valence-electron chi connectivity index (χ4n) is 2.50. The first-order valence-electron chi connectivity index (χ1n) is 8.55. The molecule has 6 nitrogen and oxygen atoms in total. The van der Waals surface area contributed by atoms with Crippen LogP contribution < -0.4 is 4.90 Å². The van der Waals surface area contributed by atoms with E-state index in [2.05, 4.69) is 46.3 Å². The minimum Gasteiger partial charge on any atom is -0.385 e. The van der Waals surface area contributed by atoms with Gasteiger partial charge in [-0.1, -0.05) is 18.2 Å². The second-order valence-electron chi connectivity index (χ2n) is 6.12. The molecule has 0 bridgehead atoms. The van der Waals surface area contributed by atoms with Gasteiger partial charge in [-0.05, 0) is 32.4 Å². The molecule has 0 spiro atoms. The Balaban J connectivity index is 2.07. The van der Waals surface area contributed by atoms with E-state index in [0.717, 1.165) is 24.7 Å². The number of hydrogen-bond donors (Lipinski definition) is 1. The van der Waals surface area contributed by atoms with E-state index < -0.39 is 6.10 Å². The monoisotopic (exact) mass is 364 g/mol. The lowest BCUT2D eigenvalue weighted by molar-refractivity contribution is 0.174. The fourth-order valence-corrected chi connectivity index (χ4v) is 3.51. The van der Waals surface area contributed by atoms with E-state index in [4.69, 9.17) is 4.74 Å². The van der Waals surface area contributed by atoms with Gasteiger partial charge >= 0.3 is 0 Å². The second-order valence-corrected chi connectivity index (χ2v) is 7.21. The number of hydrogen-bond acceptors (Lipinski definition) is 6. The molecular weight excluding hydrogens is 336 g/mol. The van der Waals surface area contributed by atoms with Crippen LogP contribution in [0.1, 0.15) is 32.2 Å². The van der Waals surface area contributed by atoms with Crippen LogP contribution >= 0.6 is 11.8 Å². The highest BCUT2D eigenvalue weighted by molar-refractivity contribution is 7.99. The van der Waals surface area contributed by atoms with Gasteiger partial charge in [0, 0.05) is 44.0 Å². The molecule has 2 rings (SSSR count). The standard InChI is InChI=1S/C18H28N4O2S/c1-14(13-25-16-9-6-5-7-10-16)21(3)18-20-19-17(15(2)23)22(18)11-8-12-24-4/h5-7,9-10,14-15,23H,8,11-13H2,1-4H3/t14?,15-/m0/s1. The summed E-state index contributed by atoms with van der Waals surface area (Å²) < 4.78 is 7.14. The SMILES string of the molecule is COCCCn1c([C@H](C)O)nnc1N(C)C(C)CSc1ccccc1. The van der Waals surface area contributed by atoms with E-state index in [0.29, 0.717) is 12.4 Å². The maximum absolute atomic E-state index is 9.97. The van der Waals surface area contributed by atoms with E-state index in [9.17, 15) is 5.11 Å². The molecule has 2 atom stereocenters. The van der Waals surface area contributed by atoms with Gasteiger partial charge in [-0.2, -0.15) is 0 Å². The number of methoxy groups -OCH3 is 1. The van der Waals surface area contributed by atoms with Gasteiger partial charge in [0.25, 0.3) is 0 Å². The molecule has 2 aromatic rings. The summed E-state index contributed by atoms with van der Waals surface area (Å²) in [6.45, 7) is 5.28. The molecule has 1 aromatic heterocycles. The molecule has 0 aliphatic heterocycles. The average Bonchev–Trinajstić information content (AvgIpc) is 3.04. The summed E-state index contributed by atoms with van der Waals surface area (Å²) in [5.41, 5.74) is 0. The lowest BCUT2D eigenvalue weighted by atomic mass is 10.3. The highest BCUT2D eigenvalue weighted by Gasteiger charge is 2.21. The largest absolute Gasteiger partial charge is 0.385 e. The Morgan fingerprint density at radius 1 is 1.24 bits per heavy atom. The van der Waals surface area contributed by atoms with Crippen LogP contribution in [0.25, 0.3) is 0 Å². The van der Waals surface area contributed by atoms with Gasteiger partial charge in [-0.25, -0.2) is 0 Å². The summed E-state index contributed by atoms with van der Waals surface area (Å²) in [7, 11) is 3.72. The van der Waals surface area contributed by atoms with E-state index in [-0.39, 0.29) is 6.04 Å². The molecule has 0 saturated heterocycles. The number of nitrogens with zero attached hydrogens (tertiary/aromatic N) is 4. The van der Waals surface area contributed by atoms with Crippen LogP contribution in [0.15, 0.2) is 35.2 Å². The first kappa shape index (κ1) is 19.8. The van der Waals surface area contributed by atoms with Crippen LogP contribution in [0.4, 0.5) is 5.95 Å². The van der Waals surface area contributed by atoms with Crippen molar-refractivity contribution in [3.8, 4) is 0 Å². The van der Waals surface area contributed by atoms with Crippen molar-refractivity contribution >= 4 is 17.7 Å².